The fourth-order valence-electron chi connectivity index (χ4n) is 7.35. The first-order valence-electron chi connectivity index (χ1n) is 15.7. The molecular formula is C42H23NOS3. The van der Waals surface area contributed by atoms with Gasteiger partial charge in [0.1, 0.15) is 5.58 Å². The summed E-state index contributed by atoms with van der Waals surface area (Å²) in [6.07, 6.45) is 0. The Kier molecular flexibility index (Phi) is 5.33. The van der Waals surface area contributed by atoms with Gasteiger partial charge in [0, 0.05) is 82.7 Å². The minimum Gasteiger partial charge on any atom is -0.454 e. The van der Waals surface area contributed by atoms with Crippen molar-refractivity contribution in [2.75, 3.05) is 4.90 Å². The van der Waals surface area contributed by atoms with Crippen LogP contribution in [0, 0.1) is 0 Å². The molecule has 11 aromatic rings. The number of anilines is 3. The second kappa shape index (κ2) is 9.66. The lowest BCUT2D eigenvalue weighted by Crippen LogP contribution is -2.10. The monoisotopic (exact) mass is 653 g/mol. The Bertz CT molecular complexity index is 2930. The quantitative estimate of drug-likeness (QED) is 0.189. The fraction of sp³-hybridized carbons (Fsp3) is 0. The predicted molar refractivity (Wildman–Crippen MR) is 207 cm³/mol. The second-order valence-electron chi connectivity index (χ2n) is 12.1. The summed E-state index contributed by atoms with van der Waals surface area (Å²) in [6.45, 7) is 0. The maximum Gasteiger partial charge on any atom is 0.160 e. The summed E-state index contributed by atoms with van der Waals surface area (Å²) in [6, 6.07) is 50.9. The van der Waals surface area contributed by atoms with Gasteiger partial charge in [0.05, 0.1) is 5.69 Å². The maximum atomic E-state index is 6.85. The summed E-state index contributed by atoms with van der Waals surface area (Å²) in [5.41, 5.74) is 5.11. The molecule has 4 heterocycles. The SMILES string of the molecule is c1ccc2c(c1)oc1c(N(c3ccc4c(c3)sc3ccccc34)c3ccc4c(c3)sc3ccccc34)cc3c4ccccc4sc3c12. The lowest BCUT2D eigenvalue weighted by atomic mass is 10.0. The average Bonchev–Trinajstić information content (AvgIpc) is 3.87. The van der Waals surface area contributed by atoms with E-state index in [1.54, 1.807) is 0 Å². The van der Waals surface area contributed by atoms with Crippen LogP contribution in [0.1, 0.15) is 0 Å². The van der Waals surface area contributed by atoms with Crippen molar-refractivity contribution in [1.82, 2.24) is 0 Å². The fourth-order valence-corrected chi connectivity index (χ4v) is 10.9. The van der Waals surface area contributed by atoms with E-state index in [0.29, 0.717) is 0 Å². The summed E-state index contributed by atoms with van der Waals surface area (Å²) in [5.74, 6) is 0. The van der Waals surface area contributed by atoms with Crippen molar-refractivity contribution in [3.63, 3.8) is 0 Å². The van der Waals surface area contributed by atoms with Crippen molar-refractivity contribution in [2.24, 2.45) is 0 Å². The number of furan rings is 1. The molecule has 2 nitrogen and oxygen atoms in total. The van der Waals surface area contributed by atoms with Gasteiger partial charge >= 0.3 is 0 Å². The largest absolute Gasteiger partial charge is 0.454 e. The van der Waals surface area contributed by atoms with E-state index in [-0.39, 0.29) is 0 Å². The van der Waals surface area contributed by atoms with Gasteiger partial charge in [0.15, 0.2) is 5.58 Å². The molecule has 0 spiro atoms. The van der Waals surface area contributed by atoms with Crippen molar-refractivity contribution in [3.05, 3.63) is 140 Å². The molecule has 0 atom stereocenters. The van der Waals surface area contributed by atoms with Gasteiger partial charge in [0.2, 0.25) is 0 Å². The minimum absolute atomic E-state index is 0.911. The molecule has 0 bridgehead atoms. The van der Waals surface area contributed by atoms with E-state index in [0.717, 1.165) is 33.6 Å². The number of nitrogens with zero attached hydrogens (tertiary/aromatic N) is 1. The predicted octanol–water partition coefficient (Wildman–Crippen LogP) is 14.2. The molecule has 0 saturated carbocycles. The van der Waals surface area contributed by atoms with Crippen LogP contribution in [0.5, 0.6) is 0 Å². The van der Waals surface area contributed by atoms with Crippen LogP contribution in [0.3, 0.4) is 0 Å². The van der Waals surface area contributed by atoms with Crippen LogP contribution < -0.4 is 4.90 Å². The van der Waals surface area contributed by atoms with Crippen LogP contribution in [-0.2, 0) is 0 Å². The summed E-state index contributed by atoms with van der Waals surface area (Å²) in [4.78, 5) is 2.42. The Labute approximate surface area is 280 Å². The topological polar surface area (TPSA) is 16.4 Å². The van der Waals surface area contributed by atoms with Crippen LogP contribution in [0.4, 0.5) is 17.1 Å². The van der Waals surface area contributed by atoms with E-state index < -0.39 is 0 Å². The Balaban J connectivity index is 1.27. The standard InChI is InChI=1S/C42H23NOS3/c1-5-13-34-31(12-1)40-41(44-34)33(23-32-28-11-4-8-16-37(28)47-42(32)40)43(24-17-19-29-26-9-2-6-14-35(26)45-38(29)21-24)25-18-20-30-27-10-3-7-15-36(27)46-39(30)22-25/h1-23H. The smallest absolute Gasteiger partial charge is 0.160 e. The number of hydrogen-bond acceptors (Lipinski definition) is 5. The molecule has 0 unspecified atom stereocenters. The number of rotatable bonds is 3. The summed E-state index contributed by atoms with van der Waals surface area (Å²) >= 11 is 5.57. The molecule has 220 valence electrons. The molecule has 0 amide bonds. The number of para-hydroxylation sites is 1. The third kappa shape index (κ3) is 3.70. The first kappa shape index (κ1) is 25.9. The van der Waals surface area contributed by atoms with Gasteiger partial charge in [-0.1, -0.05) is 84.9 Å². The normalized spacial score (nSPS) is 12.3. The van der Waals surface area contributed by atoms with Crippen molar-refractivity contribution in [3.8, 4) is 0 Å². The summed E-state index contributed by atoms with van der Waals surface area (Å²) < 4.78 is 14.6. The molecule has 4 aromatic heterocycles. The molecule has 11 rings (SSSR count). The molecular weight excluding hydrogens is 631 g/mol. The highest BCUT2D eigenvalue weighted by molar-refractivity contribution is 7.27. The van der Waals surface area contributed by atoms with E-state index in [2.05, 4.69) is 144 Å². The van der Waals surface area contributed by atoms with Gasteiger partial charge in [-0.25, -0.2) is 0 Å². The van der Waals surface area contributed by atoms with Gasteiger partial charge in [-0.2, -0.15) is 0 Å². The molecule has 0 fully saturated rings. The molecule has 5 heteroatoms. The molecule has 47 heavy (non-hydrogen) atoms. The van der Waals surface area contributed by atoms with E-state index in [1.807, 2.05) is 34.0 Å². The number of benzene rings is 7. The second-order valence-corrected chi connectivity index (χ2v) is 15.3. The van der Waals surface area contributed by atoms with E-state index >= 15 is 0 Å². The van der Waals surface area contributed by atoms with E-state index in [9.17, 15) is 0 Å². The van der Waals surface area contributed by atoms with Crippen molar-refractivity contribution in [1.29, 1.82) is 0 Å². The van der Waals surface area contributed by atoms with Crippen LogP contribution in [0.25, 0.3) is 82.5 Å². The Morgan fingerprint density at radius 2 is 0.894 bits per heavy atom. The number of thiophene rings is 3. The molecule has 0 N–H and O–H groups in total. The summed E-state index contributed by atoms with van der Waals surface area (Å²) in [5, 5.41) is 10.1. The Morgan fingerprint density at radius 3 is 1.51 bits per heavy atom. The number of hydrogen-bond donors (Lipinski definition) is 0. The molecule has 0 saturated heterocycles. The van der Waals surface area contributed by atoms with E-state index in [4.69, 9.17) is 4.42 Å². The van der Waals surface area contributed by atoms with Gasteiger partial charge in [-0.05, 0) is 54.6 Å². The van der Waals surface area contributed by atoms with Gasteiger partial charge in [-0.15, -0.1) is 34.0 Å². The van der Waals surface area contributed by atoms with Crippen molar-refractivity contribution >= 4 is 134 Å². The first-order chi connectivity index (χ1) is 23.3. The zero-order valence-corrected chi connectivity index (χ0v) is 27.3. The lowest BCUT2D eigenvalue weighted by molar-refractivity contribution is 0.669. The molecule has 7 aromatic carbocycles. The van der Waals surface area contributed by atoms with E-state index in [1.165, 1.54) is 65.9 Å². The Hall–Kier alpha value is -5.20. The third-order valence-corrected chi connectivity index (χ3v) is 12.9. The minimum atomic E-state index is 0.911. The molecule has 0 aliphatic rings. The highest BCUT2D eigenvalue weighted by Gasteiger charge is 2.24. The lowest BCUT2D eigenvalue weighted by Gasteiger charge is -2.26. The third-order valence-electron chi connectivity index (χ3n) is 9.45. The highest BCUT2D eigenvalue weighted by atomic mass is 32.1. The van der Waals surface area contributed by atoms with Crippen molar-refractivity contribution in [2.45, 2.75) is 0 Å². The van der Waals surface area contributed by atoms with Crippen LogP contribution in [0.15, 0.2) is 144 Å². The molecule has 0 aliphatic heterocycles. The average molecular weight is 654 g/mol. The number of fused-ring (bicyclic) bond motifs is 13. The first-order valence-corrected chi connectivity index (χ1v) is 18.1. The van der Waals surface area contributed by atoms with Crippen molar-refractivity contribution < 1.29 is 4.42 Å². The summed E-state index contributed by atoms with van der Waals surface area (Å²) in [7, 11) is 0. The van der Waals surface area contributed by atoms with Crippen LogP contribution >= 0.6 is 34.0 Å². The zero-order chi connectivity index (χ0) is 30.6. The molecule has 0 radical (unpaired) electrons. The van der Waals surface area contributed by atoms with Gasteiger partial charge in [0.25, 0.3) is 0 Å². The van der Waals surface area contributed by atoms with Crippen LogP contribution in [-0.4, -0.2) is 0 Å². The zero-order valence-electron chi connectivity index (χ0n) is 24.9. The van der Waals surface area contributed by atoms with Gasteiger partial charge in [-0.3, -0.25) is 0 Å². The molecule has 0 aliphatic carbocycles. The maximum absolute atomic E-state index is 6.85. The van der Waals surface area contributed by atoms with Crippen LogP contribution in [0.2, 0.25) is 0 Å². The van der Waals surface area contributed by atoms with Gasteiger partial charge < -0.3 is 9.32 Å². The Morgan fingerprint density at radius 1 is 0.404 bits per heavy atom. The highest BCUT2D eigenvalue weighted by Crippen LogP contribution is 2.50.